The van der Waals surface area contributed by atoms with Gasteiger partial charge in [0, 0.05) is 38.8 Å². The molecule has 140 valence electrons. The molecule has 0 aliphatic carbocycles. The summed E-state index contributed by atoms with van der Waals surface area (Å²) in [5.41, 5.74) is 2.08. The maximum atomic E-state index is 12.3. The van der Waals surface area contributed by atoms with Gasteiger partial charge in [0.05, 0.1) is 19.3 Å². The smallest absolute Gasteiger partial charge is 0.317 e. The van der Waals surface area contributed by atoms with E-state index in [0.717, 1.165) is 56.3 Å². The molecule has 0 spiro atoms. The van der Waals surface area contributed by atoms with Crippen LogP contribution in [-0.2, 0) is 13.0 Å². The predicted octanol–water partition coefficient (Wildman–Crippen LogP) is 2.06. The molecule has 7 nitrogen and oxygen atoms in total. The van der Waals surface area contributed by atoms with Gasteiger partial charge in [-0.25, -0.2) is 4.79 Å². The Morgan fingerprint density at radius 2 is 1.96 bits per heavy atom. The third-order valence-corrected chi connectivity index (χ3v) is 4.56. The lowest BCUT2D eigenvalue weighted by atomic mass is 10.1. The highest BCUT2D eigenvalue weighted by Gasteiger charge is 2.21. The van der Waals surface area contributed by atoms with Crippen molar-refractivity contribution < 1.29 is 14.1 Å². The van der Waals surface area contributed by atoms with Gasteiger partial charge in [-0.2, -0.15) is 0 Å². The van der Waals surface area contributed by atoms with Crippen molar-refractivity contribution in [1.29, 1.82) is 0 Å². The van der Waals surface area contributed by atoms with Crippen molar-refractivity contribution in [2.45, 2.75) is 19.9 Å². The highest BCUT2D eigenvalue weighted by molar-refractivity contribution is 5.74. The fourth-order valence-electron chi connectivity index (χ4n) is 3.04. The summed E-state index contributed by atoms with van der Waals surface area (Å²) in [4.78, 5) is 16.5. The fraction of sp³-hybridized carbons (Fsp3) is 0.474. The van der Waals surface area contributed by atoms with E-state index in [9.17, 15) is 4.79 Å². The molecule has 3 rings (SSSR count). The second-order valence-corrected chi connectivity index (χ2v) is 6.53. The Hall–Kier alpha value is -2.54. The summed E-state index contributed by atoms with van der Waals surface area (Å²) in [5.74, 6) is 1.72. The van der Waals surface area contributed by atoms with Crippen LogP contribution in [0.25, 0.3) is 0 Å². The number of hydrogen-bond acceptors (Lipinski definition) is 5. The molecule has 1 aliphatic rings. The summed E-state index contributed by atoms with van der Waals surface area (Å²) < 4.78 is 10.4. The first-order valence-electron chi connectivity index (χ1n) is 8.94. The van der Waals surface area contributed by atoms with Crippen LogP contribution in [-0.4, -0.2) is 60.8 Å². The molecule has 0 bridgehead atoms. The van der Waals surface area contributed by atoms with E-state index in [-0.39, 0.29) is 6.03 Å². The van der Waals surface area contributed by atoms with Gasteiger partial charge in [0.15, 0.2) is 5.76 Å². The molecule has 7 heteroatoms. The van der Waals surface area contributed by atoms with E-state index >= 15 is 0 Å². The van der Waals surface area contributed by atoms with Gasteiger partial charge in [0.25, 0.3) is 0 Å². The number of ether oxygens (including phenoxy) is 1. The number of urea groups is 1. The number of benzene rings is 1. The zero-order valence-corrected chi connectivity index (χ0v) is 15.4. The highest BCUT2D eigenvalue weighted by atomic mass is 16.5. The average Bonchev–Trinajstić information content (AvgIpc) is 3.07. The predicted molar refractivity (Wildman–Crippen MR) is 98.2 cm³/mol. The second kappa shape index (κ2) is 8.71. The summed E-state index contributed by atoms with van der Waals surface area (Å²) in [7, 11) is 1.65. The zero-order chi connectivity index (χ0) is 18.4. The first-order valence-corrected chi connectivity index (χ1v) is 8.94. The van der Waals surface area contributed by atoms with Crippen molar-refractivity contribution in [2.24, 2.45) is 0 Å². The monoisotopic (exact) mass is 358 g/mol. The molecule has 0 radical (unpaired) electrons. The van der Waals surface area contributed by atoms with Crippen LogP contribution in [0, 0.1) is 6.92 Å². The van der Waals surface area contributed by atoms with E-state index in [0.29, 0.717) is 6.54 Å². The number of nitrogens with zero attached hydrogens (tertiary/aromatic N) is 3. The first-order chi connectivity index (χ1) is 12.6. The molecule has 0 saturated carbocycles. The van der Waals surface area contributed by atoms with E-state index in [1.54, 1.807) is 7.11 Å². The average molecular weight is 358 g/mol. The number of piperazine rings is 1. The number of amides is 2. The van der Waals surface area contributed by atoms with Crippen LogP contribution in [0.15, 0.2) is 34.9 Å². The number of aryl methyl sites for hydroxylation is 1. The maximum absolute atomic E-state index is 12.3. The molecule has 2 aromatic rings. The summed E-state index contributed by atoms with van der Waals surface area (Å²) >= 11 is 0. The Labute approximate surface area is 153 Å². The minimum atomic E-state index is 0.00803. The van der Waals surface area contributed by atoms with Gasteiger partial charge in [-0.15, -0.1) is 0 Å². The summed E-state index contributed by atoms with van der Waals surface area (Å²) in [6.45, 7) is 6.41. The molecule has 26 heavy (non-hydrogen) atoms. The Balaban J connectivity index is 1.36. The van der Waals surface area contributed by atoms with Crippen molar-refractivity contribution in [3.63, 3.8) is 0 Å². The molecule has 2 amide bonds. The number of rotatable bonds is 6. The number of carbonyl (C=O) groups is 1. The van der Waals surface area contributed by atoms with Crippen molar-refractivity contribution in [3.8, 4) is 5.75 Å². The van der Waals surface area contributed by atoms with E-state index in [1.807, 2.05) is 42.2 Å². The molecule has 1 aromatic carbocycles. The number of nitrogens with one attached hydrogen (secondary N) is 1. The van der Waals surface area contributed by atoms with Crippen molar-refractivity contribution >= 4 is 6.03 Å². The van der Waals surface area contributed by atoms with Gasteiger partial charge in [-0.3, -0.25) is 4.90 Å². The molecule has 0 atom stereocenters. The van der Waals surface area contributed by atoms with Crippen LogP contribution in [0.5, 0.6) is 5.75 Å². The number of carbonyl (C=O) groups excluding carboxylic acids is 1. The van der Waals surface area contributed by atoms with Gasteiger partial charge in [-0.05, 0) is 31.0 Å². The molecule has 1 aromatic heterocycles. The van der Waals surface area contributed by atoms with Crippen LogP contribution in [0.4, 0.5) is 4.79 Å². The Morgan fingerprint density at radius 3 is 2.58 bits per heavy atom. The number of methoxy groups -OCH3 is 1. The molecule has 0 unspecified atom stereocenters. The Bertz CT molecular complexity index is 706. The van der Waals surface area contributed by atoms with E-state index in [2.05, 4.69) is 15.4 Å². The van der Waals surface area contributed by atoms with Crippen LogP contribution >= 0.6 is 0 Å². The van der Waals surface area contributed by atoms with Gasteiger partial charge < -0.3 is 19.5 Å². The quantitative estimate of drug-likeness (QED) is 0.856. The van der Waals surface area contributed by atoms with Gasteiger partial charge in [-0.1, -0.05) is 17.3 Å². The molecule has 1 saturated heterocycles. The Kier molecular flexibility index (Phi) is 6.12. The lowest BCUT2D eigenvalue weighted by Crippen LogP contribution is -2.51. The van der Waals surface area contributed by atoms with Crippen LogP contribution in [0.1, 0.15) is 17.0 Å². The van der Waals surface area contributed by atoms with E-state index in [1.165, 1.54) is 5.56 Å². The first kappa shape index (κ1) is 18.3. The van der Waals surface area contributed by atoms with Crippen molar-refractivity contribution in [3.05, 3.63) is 47.3 Å². The molecular formula is C19H26N4O3. The van der Waals surface area contributed by atoms with Crippen molar-refractivity contribution in [2.75, 3.05) is 39.8 Å². The maximum Gasteiger partial charge on any atom is 0.317 e. The standard InChI is InChI=1S/C19H26N4O3/c1-15-13-18(26-21-15)14-22-9-11-23(12-10-22)19(24)20-8-7-16-3-5-17(25-2)6-4-16/h3-6,13H,7-12,14H2,1-2H3,(H,20,24). The lowest BCUT2D eigenvalue weighted by Gasteiger charge is -2.34. The molecule has 1 N–H and O–H groups in total. The van der Waals surface area contributed by atoms with Crippen LogP contribution in [0.2, 0.25) is 0 Å². The zero-order valence-electron chi connectivity index (χ0n) is 15.4. The topological polar surface area (TPSA) is 70.8 Å². The summed E-state index contributed by atoms with van der Waals surface area (Å²) in [6.07, 6.45) is 0.806. The lowest BCUT2D eigenvalue weighted by molar-refractivity contribution is 0.128. The number of hydrogen-bond donors (Lipinski definition) is 1. The van der Waals surface area contributed by atoms with Crippen LogP contribution < -0.4 is 10.1 Å². The molecule has 2 heterocycles. The minimum absolute atomic E-state index is 0.00803. The van der Waals surface area contributed by atoms with Gasteiger partial charge >= 0.3 is 6.03 Å². The second-order valence-electron chi connectivity index (χ2n) is 6.53. The van der Waals surface area contributed by atoms with Gasteiger partial charge in [0.1, 0.15) is 5.75 Å². The number of aromatic nitrogens is 1. The highest BCUT2D eigenvalue weighted by Crippen LogP contribution is 2.12. The third-order valence-electron chi connectivity index (χ3n) is 4.56. The van der Waals surface area contributed by atoms with Crippen LogP contribution in [0.3, 0.4) is 0 Å². The molecular weight excluding hydrogens is 332 g/mol. The summed E-state index contributed by atoms with van der Waals surface area (Å²) in [5, 5.41) is 6.92. The Morgan fingerprint density at radius 1 is 1.23 bits per heavy atom. The molecule has 1 fully saturated rings. The van der Waals surface area contributed by atoms with Gasteiger partial charge in [0.2, 0.25) is 0 Å². The third kappa shape index (κ3) is 4.98. The SMILES string of the molecule is COc1ccc(CCNC(=O)N2CCN(Cc3cc(C)no3)CC2)cc1. The largest absolute Gasteiger partial charge is 0.497 e. The van der Waals surface area contributed by atoms with E-state index in [4.69, 9.17) is 9.26 Å². The minimum Gasteiger partial charge on any atom is -0.497 e. The normalized spacial score (nSPS) is 15.1. The van der Waals surface area contributed by atoms with E-state index < -0.39 is 0 Å². The summed E-state index contributed by atoms with van der Waals surface area (Å²) in [6, 6.07) is 9.88. The fourth-order valence-corrected chi connectivity index (χ4v) is 3.04. The molecule has 1 aliphatic heterocycles. The van der Waals surface area contributed by atoms with Crippen molar-refractivity contribution in [1.82, 2.24) is 20.3 Å².